The average molecular weight is 384 g/mol. The highest BCUT2D eigenvalue weighted by Crippen LogP contribution is 2.30. The minimum atomic E-state index is -0.804. The van der Waals surface area contributed by atoms with E-state index in [1.54, 1.807) is 19.2 Å². The highest BCUT2D eigenvalue weighted by molar-refractivity contribution is 5.99. The number of piperidine rings is 1. The molecule has 0 aromatic heterocycles. The molecule has 1 unspecified atom stereocenters. The number of methoxy groups -OCH3 is 1. The summed E-state index contributed by atoms with van der Waals surface area (Å²) in [6.07, 6.45) is 1.10. The fraction of sp³-hybridized carbons (Fsp3) is 0.556. The molecule has 2 amide bonds. The SMILES string of the molecule is COCC1(CNC(=O)CC2Oc3ccccc3NC2=O)CCNCC1.Cl. The first-order valence-electron chi connectivity index (χ1n) is 8.65. The van der Waals surface area contributed by atoms with E-state index in [1.165, 1.54) is 0 Å². The summed E-state index contributed by atoms with van der Waals surface area (Å²) in [5.41, 5.74) is 0.593. The number of para-hydroxylation sites is 2. The predicted molar refractivity (Wildman–Crippen MR) is 101 cm³/mol. The van der Waals surface area contributed by atoms with Crippen LogP contribution in [0.3, 0.4) is 0 Å². The van der Waals surface area contributed by atoms with Gasteiger partial charge in [0.1, 0.15) is 5.75 Å². The van der Waals surface area contributed by atoms with Gasteiger partial charge in [0.15, 0.2) is 6.10 Å². The Morgan fingerprint density at radius 2 is 2.08 bits per heavy atom. The standard InChI is InChI=1S/C18H25N3O4.ClH/c1-24-12-18(6-8-19-9-7-18)11-20-16(22)10-15-17(23)21-13-4-2-3-5-14(13)25-15;/h2-5,15,19H,6-12H2,1H3,(H,20,22)(H,21,23);1H. The van der Waals surface area contributed by atoms with Gasteiger partial charge in [0, 0.05) is 19.1 Å². The van der Waals surface area contributed by atoms with E-state index in [0.29, 0.717) is 24.6 Å². The molecule has 0 aliphatic carbocycles. The first-order chi connectivity index (χ1) is 12.1. The average Bonchev–Trinajstić information content (AvgIpc) is 2.62. The van der Waals surface area contributed by atoms with Crippen molar-refractivity contribution in [3.05, 3.63) is 24.3 Å². The normalized spacial score (nSPS) is 20.8. The van der Waals surface area contributed by atoms with Crippen molar-refractivity contribution in [2.75, 3.05) is 38.7 Å². The second-order valence-electron chi connectivity index (χ2n) is 6.76. The van der Waals surface area contributed by atoms with Gasteiger partial charge in [-0.3, -0.25) is 9.59 Å². The summed E-state index contributed by atoms with van der Waals surface area (Å²) in [4.78, 5) is 24.4. The Kier molecular flexibility index (Phi) is 7.25. The number of hydrogen-bond donors (Lipinski definition) is 3. The van der Waals surface area contributed by atoms with Crippen LogP contribution in [0.4, 0.5) is 5.69 Å². The van der Waals surface area contributed by atoms with Crippen LogP contribution in [0.2, 0.25) is 0 Å². The summed E-state index contributed by atoms with van der Waals surface area (Å²) in [5.74, 6) is 0.116. The Hall–Kier alpha value is -1.83. The van der Waals surface area contributed by atoms with E-state index >= 15 is 0 Å². The van der Waals surface area contributed by atoms with E-state index in [2.05, 4.69) is 16.0 Å². The van der Waals surface area contributed by atoms with E-state index < -0.39 is 6.10 Å². The van der Waals surface area contributed by atoms with Crippen molar-refractivity contribution in [2.45, 2.75) is 25.4 Å². The Balaban J connectivity index is 0.00000243. The first-order valence-corrected chi connectivity index (χ1v) is 8.65. The molecule has 3 rings (SSSR count). The zero-order valence-corrected chi connectivity index (χ0v) is 15.7. The number of rotatable bonds is 6. The molecule has 0 radical (unpaired) electrons. The van der Waals surface area contributed by atoms with E-state index in [-0.39, 0.29) is 36.1 Å². The van der Waals surface area contributed by atoms with Crippen molar-refractivity contribution in [3.8, 4) is 5.75 Å². The van der Waals surface area contributed by atoms with Gasteiger partial charge in [-0.15, -0.1) is 12.4 Å². The Morgan fingerprint density at radius 3 is 2.81 bits per heavy atom. The lowest BCUT2D eigenvalue weighted by atomic mass is 9.79. The van der Waals surface area contributed by atoms with Crippen molar-refractivity contribution < 1.29 is 19.1 Å². The van der Waals surface area contributed by atoms with Gasteiger partial charge in [0.25, 0.3) is 5.91 Å². The van der Waals surface area contributed by atoms with Gasteiger partial charge in [-0.25, -0.2) is 0 Å². The third-order valence-electron chi connectivity index (χ3n) is 4.85. The minimum Gasteiger partial charge on any atom is -0.478 e. The molecule has 26 heavy (non-hydrogen) atoms. The number of ether oxygens (including phenoxy) is 2. The molecule has 0 saturated carbocycles. The summed E-state index contributed by atoms with van der Waals surface area (Å²) in [7, 11) is 1.68. The van der Waals surface area contributed by atoms with E-state index in [9.17, 15) is 9.59 Å². The monoisotopic (exact) mass is 383 g/mol. The van der Waals surface area contributed by atoms with Crippen LogP contribution in [0, 0.1) is 5.41 Å². The summed E-state index contributed by atoms with van der Waals surface area (Å²) in [5, 5.41) is 9.06. The number of fused-ring (bicyclic) bond motifs is 1. The molecule has 0 bridgehead atoms. The Labute approximate surface area is 159 Å². The molecular weight excluding hydrogens is 358 g/mol. The quantitative estimate of drug-likeness (QED) is 0.689. The molecule has 3 N–H and O–H groups in total. The molecule has 2 aliphatic heterocycles. The molecule has 7 nitrogen and oxygen atoms in total. The lowest BCUT2D eigenvalue weighted by Crippen LogP contribution is -2.48. The number of amides is 2. The molecule has 1 aromatic rings. The van der Waals surface area contributed by atoms with E-state index in [4.69, 9.17) is 9.47 Å². The highest BCUT2D eigenvalue weighted by Gasteiger charge is 2.34. The van der Waals surface area contributed by atoms with E-state index in [0.717, 1.165) is 25.9 Å². The summed E-state index contributed by atoms with van der Waals surface area (Å²) >= 11 is 0. The molecule has 1 aromatic carbocycles. The molecule has 2 heterocycles. The van der Waals surface area contributed by atoms with Crippen LogP contribution in [0.25, 0.3) is 0 Å². The summed E-state index contributed by atoms with van der Waals surface area (Å²) < 4.78 is 11.0. The number of hydrogen-bond acceptors (Lipinski definition) is 5. The first kappa shape index (κ1) is 20.5. The van der Waals surface area contributed by atoms with Crippen molar-refractivity contribution in [1.82, 2.24) is 10.6 Å². The van der Waals surface area contributed by atoms with Crippen molar-refractivity contribution in [1.29, 1.82) is 0 Å². The van der Waals surface area contributed by atoms with Gasteiger partial charge in [-0.05, 0) is 38.1 Å². The molecular formula is C18H26ClN3O4. The lowest BCUT2D eigenvalue weighted by Gasteiger charge is -2.37. The van der Waals surface area contributed by atoms with Crippen LogP contribution in [0.15, 0.2) is 24.3 Å². The van der Waals surface area contributed by atoms with Crippen LogP contribution < -0.4 is 20.7 Å². The molecule has 2 aliphatic rings. The number of benzene rings is 1. The molecule has 1 fully saturated rings. The van der Waals surface area contributed by atoms with E-state index in [1.807, 2.05) is 12.1 Å². The molecule has 1 atom stereocenters. The van der Waals surface area contributed by atoms with Gasteiger partial charge in [0.2, 0.25) is 5.91 Å². The minimum absolute atomic E-state index is 0. The van der Waals surface area contributed by atoms with Crippen LogP contribution >= 0.6 is 12.4 Å². The fourth-order valence-corrected chi connectivity index (χ4v) is 3.39. The van der Waals surface area contributed by atoms with Crippen molar-refractivity contribution in [2.24, 2.45) is 5.41 Å². The van der Waals surface area contributed by atoms with Crippen LogP contribution in [-0.4, -0.2) is 51.3 Å². The summed E-state index contributed by atoms with van der Waals surface area (Å²) in [6.45, 7) is 3.00. The second-order valence-corrected chi connectivity index (χ2v) is 6.76. The molecule has 144 valence electrons. The lowest BCUT2D eigenvalue weighted by molar-refractivity contribution is -0.131. The van der Waals surface area contributed by atoms with Crippen LogP contribution in [0.5, 0.6) is 5.75 Å². The Morgan fingerprint density at radius 1 is 1.35 bits per heavy atom. The van der Waals surface area contributed by atoms with Gasteiger partial charge in [-0.2, -0.15) is 0 Å². The van der Waals surface area contributed by atoms with Gasteiger partial charge in [0.05, 0.1) is 18.7 Å². The van der Waals surface area contributed by atoms with Crippen LogP contribution in [0.1, 0.15) is 19.3 Å². The zero-order valence-electron chi connectivity index (χ0n) is 14.9. The number of carbonyl (C=O) groups is 2. The highest BCUT2D eigenvalue weighted by atomic mass is 35.5. The third-order valence-corrected chi connectivity index (χ3v) is 4.85. The molecule has 8 heteroatoms. The fourth-order valence-electron chi connectivity index (χ4n) is 3.39. The Bertz CT molecular complexity index is 629. The van der Waals surface area contributed by atoms with Crippen LogP contribution in [-0.2, 0) is 14.3 Å². The van der Waals surface area contributed by atoms with Gasteiger partial charge >= 0.3 is 0 Å². The second kappa shape index (κ2) is 9.21. The molecule has 1 saturated heterocycles. The smallest absolute Gasteiger partial charge is 0.266 e. The third kappa shape index (κ3) is 4.87. The number of anilines is 1. The van der Waals surface area contributed by atoms with Crippen molar-refractivity contribution in [3.63, 3.8) is 0 Å². The maximum absolute atomic E-state index is 12.3. The number of nitrogens with one attached hydrogen (secondary N) is 3. The predicted octanol–water partition coefficient (Wildman–Crippen LogP) is 1.33. The largest absolute Gasteiger partial charge is 0.478 e. The maximum Gasteiger partial charge on any atom is 0.266 e. The zero-order chi connectivity index (χ0) is 17.7. The molecule has 0 spiro atoms. The number of carbonyl (C=O) groups excluding carboxylic acids is 2. The maximum atomic E-state index is 12.3. The van der Waals surface area contributed by atoms with Gasteiger partial charge < -0.3 is 25.4 Å². The van der Waals surface area contributed by atoms with Crippen molar-refractivity contribution >= 4 is 29.9 Å². The topological polar surface area (TPSA) is 88.7 Å². The van der Waals surface area contributed by atoms with Gasteiger partial charge in [-0.1, -0.05) is 12.1 Å². The summed E-state index contributed by atoms with van der Waals surface area (Å²) in [6, 6.07) is 7.21. The number of halogens is 1.